The number of aryl methyl sites for hydroxylation is 3. The summed E-state index contributed by atoms with van der Waals surface area (Å²) < 4.78 is 39.0. The molecule has 0 saturated heterocycles. The molecule has 1 unspecified atom stereocenters. The van der Waals surface area contributed by atoms with Crippen LogP contribution in [0.25, 0.3) is 0 Å². The molecule has 16 nitrogen and oxygen atoms in total. The number of benzene rings is 1. The maximum absolute atomic E-state index is 13.1. The minimum Gasteiger partial charge on any atom is -0.498 e. The smallest absolute Gasteiger partial charge is 0.498 e. The first-order valence-electron chi connectivity index (χ1n) is 16.8. The molecule has 0 fully saturated rings. The number of rotatable bonds is 17. The number of nitrogens with one attached hydrogen (secondary N) is 1. The maximum Gasteiger partial charge on any atom is 0.519 e. The summed E-state index contributed by atoms with van der Waals surface area (Å²) in [5, 5.41) is 3.33. The number of carbonyl (C=O) groups excluding carboxylic acids is 3. The normalized spacial score (nSPS) is 13.9. The minimum atomic E-state index is -0.847. The number of hydrogen-bond acceptors (Lipinski definition) is 15. The van der Waals surface area contributed by atoms with Crippen LogP contribution in [0.15, 0.2) is 42.3 Å². The molecule has 0 spiro atoms. The average molecular weight is 760 g/mol. The van der Waals surface area contributed by atoms with Gasteiger partial charge in [-0.3, -0.25) is 23.9 Å². The van der Waals surface area contributed by atoms with E-state index < -0.39 is 29.3 Å². The highest BCUT2D eigenvalue weighted by atomic mass is 35.5. The summed E-state index contributed by atoms with van der Waals surface area (Å²) in [5.41, 5.74) is 2.77. The fourth-order valence-electron chi connectivity index (χ4n) is 6.15. The Kier molecular flexibility index (Phi) is 13.5. The van der Waals surface area contributed by atoms with Crippen LogP contribution in [0.2, 0.25) is 5.28 Å². The van der Waals surface area contributed by atoms with Gasteiger partial charge in [0.25, 0.3) is 6.47 Å². The lowest BCUT2D eigenvalue weighted by Crippen LogP contribution is -2.31. The van der Waals surface area contributed by atoms with Crippen LogP contribution in [0, 0.1) is 20.8 Å². The number of carbonyl (C=O) groups is 3. The number of hydrogen-bond donors (Lipinski definition) is 1. The molecule has 1 N–H and O–H groups in total. The summed E-state index contributed by atoms with van der Waals surface area (Å²) in [6, 6.07) is 3.78. The highest BCUT2D eigenvalue weighted by Crippen LogP contribution is 2.38. The Morgan fingerprint density at radius 1 is 1.17 bits per heavy atom. The van der Waals surface area contributed by atoms with Crippen molar-refractivity contribution in [3.8, 4) is 5.75 Å². The van der Waals surface area contributed by atoms with Gasteiger partial charge in [0.2, 0.25) is 5.28 Å². The highest BCUT2D eigenvalue weighted by molar-refractivity contribution is 6.28. The van der Waals surface area contributed by atoms with Gasteiger partial charge in [0.1, 0.15) is 36.1 Å². The van der Waals surface area contributed by atoms with Crippen LogP contribution in [-0.4, -0.2) is 68.1 Å². The molecule has 0 aliphatic carbocycles. The van der Waals surface area contributed by atoms with Gasteiger partial charge in [-0.25, -0.2) is 4.79 Å². The van der Waals surface area contributed by atoms with Gasteiger partial charge in [0.15, 0.2) is 22.8 Å². The molecule has 3 heterocycles. The number of fused-ring (bicyclic) bond motifs is 1. The average Bonchev–Trinajstić information content (AvgIpc) is 3.63. The first-order chi connectivity index (χ1) is 25.1. The molecule has 1 aliphatic rings. The van der Waals surface area contributed by atoms with Crippen LogP contribution in [-0.2, 0) is 51.8 Å². The zero-order chi connectivity index (χ0) is 39.0. The predicted molar refractivity (Wildman–Crippen MR) is 192 cm³/mol. The molecule has 4 rings (SSSR count). The van der Waals surface area contributed by atoms with Crippen molar-refractivity contribution in [3.63, 3.8) is 0 Å². The van der Waals surface area contributed by atoms with Gasteiger partial charge in [0, 0.05) is 31.6 Å². The predicted octanol–water partition coefficient (Wildman–Crippen LogP) is 4.59. The number of ether oxygens (including phenoxy) is 5. The van der Waals surface area contributed by atoms with Gasteiger partial charge in [0.05, 0.1) is 32.8 Å². The van der Waals surface area contributed by atoms with E-state index in [0.29, 0.717) is 48.1 Å². The van der Waals surface area contributed by atoms with Crippen molar-refractivity contribution in [1.82, 2.24) is 9.55 Å². The zero-order valence-corrected chi connectivity index (χ0v) is 32.2. The number of aromatic nitrogens is 2. The molecule has 0 radical (unpaired) electrons. The first kappa shape index (κ1) is 40.7. The molecular weight excluding hydrogens is 714 g/mol. The van der Waals surface area contributed by atoms with Gasteiger partial charge in [-0.15, -0.1) is 0 Å². The third-order valence-corrected chi connectivity index (χ3v) is 9.00. The molecule has 0 saturated carbocycles. The van der Waals surface area contributed by atoms with E-state index >= 15 is 0 Å². The van der Waals surface area contributed by atoms with Crippen LogP contribution < -0.4 is 26.3 Å². The Balaban J connectivity index is 1.51. The largest absolute Gasteiger partial charge is 0.519 e. The van der Waals surface area contributed by atoms with Gasteiger partial charge in [-0.05, 0) is 62.9 Å². The molecule has 17 heteroatoms. The topological polar surface area (TPSA) is 186 Å². The van der Waals surface area contributed by atoms with E-state index in [2.05, 4.69) is 10.3 Å². The molecular formula is C36H46ClN5O11. The molecule has 1 atom stereocenters. The van der Waals surface area contributed by atoms with Crippen molar-refractivity contribution in [3.05, 3.63) is 73.3 Å². The van der Waals surface area contributed by atoms with Crippen molar-refractivity contribution in [2.45, 2.75) is 85.9 Å². The van der Waals surface area contributed by atoms with E-state index in [-0.39, 0.29) is 55.2 Å². The fourth-order valence-corrected chi connectivity index (χ4v) is 6.37. The van der Waals surface area contributed by atoms with E-state index in [1.807, 2.05) is 38.7 Å². The van der Waals surface area contributed by atoms with Crippen molar-refractivity contribution in [2.75, 3.05) is 44.3 Å². The van der Waals surface area contributed by atoms with Crippen LogP contribution in [0.3, 0.4) is 0 Å². The summed E-state index contributed by atoms with van der Waals surface area (Å²) in [7, 11) is 2.98. The molecule has 53 heavy (non-hydrogen) atoms. The molecule has 0 bridgehead atoms. The first-order valence-corrected chi connectivity index (χ1v) is 17.2. The van der Waals surface area contributed by atoms with Crippen molar-refractivity contribution in [1.29, 1.82) is 0 Å². The van der Waals surface area contributed by atoms with Crippen molar-refractivity contribution < 1.29 is 46.9 Å². The van der Waals surface area contributed by atoms with Gasteiger partial charge in [-0.2, -0.15) is 4.98 Å². The highest BCUT2D eigenvalue weighted by Gasteiger charge is 2.32. The van der Waals surface area contributed by atoms with E-state index in [9.17, 15) is 19.2 Å². The lowest BCUT2D eigenvalue weighted by molar-refractivity contribution is -0.148. The molecule has 1 aromatic carbocycles. The summed E-state index contributed by atoms with van der Waals surface area (Å²) in [6.07, 6.45) is 0.0456. The zero-order valence-electron chi connectivity index (χ0n) is 31.4. The lowest BCUT2D eigenvalue weighted by Gasteiger charge is -2.29. The molecule has 3 aromatic rings. The van der Waals surface area contributed by atoms with Crippen LogP contribution in [0.5, 0.6) is 5.75 Å². The maximum atomic E-state index is 13.1. The van der Waals surface area contributed by atoms with Gasteiger partial charge < -0.3 is 42.7 Å². The number of methoxy groups -OCH3 is 2. The minimum absolute atomic E-state index is 0.00667. The number of anilines is 2. The molecule has 288 valence electrons. The second-order valence-electron chi connectivity index (χ2n) is 13.2. The second-order valence-corrected chi connectivity index (χ2v) is 13.5. The fraction of sp³-hybridized carbons (Fsp3) is 0.500. The van der Waals surface area contributed by atoms with Gasteiger partial charge in [-0.1, -0.05) is 19.9 Å². The van der Waals surface area contributed by atoms with Gasteiger partial charge >= 0.3 is 17.8 Å². The Bertz CT molecular complexity index is 2000. The molecule has 2 aromatic heterocycles. The third-order valence-electron chi connectivity index (χ3n) is 8.71. The Labute approximate surface area is 311 Å². The van der Waals surface area contributed by atoms with E-state index in [1.165, 1.54) is 18.6 Å². The lowest BCUT2D eigenvalue weighted by atomic mass is 9.78. The quantitative estimate of drug-likeness (QED) is 0.0662. The number of nitrogens with zero attached hydrogens (tertiary/aromatic N) is 4. The SMILES string of the molecule is CO/C(C)=C(/Cn1c(Cl)nc2c(c1=NCc1oc(=O)oc1C)NCN2CCC(COC(=O)CC(C)(C)c1c(C)cc(C)cc1OC(C)=O)OC)OC=O. The van der Waals surface area contributed by atoms with E-state index in [0.717, 1.165) is 16.7 Å². The third kappa shape index (κ3) is 10.1. The van der Waals surface area contributed by atoms with Crippen molar-refractivity contribution >= 4 is 41.5 Å². The monoisotopic (exact) mass is 759 g/mol. The van der Waals surface area contributed by atoms with Crippen LogP contribution in [0.4, 0.5) is 11.5 Å². The van der Waals surface area contributed by atoms with Crippen LogP contribution in [0.1, 0.15) is 68.7 Å². The number of allylic oxidation sites excluding steroid dienone is 2. The van der Waals surface area contributed by atoms with Crippen LogP contribution >= 0.6 is 11.6 Å². The second kappa shape index (κ2) is 17.6. The Hall–Kier alpha value is -5.09. The van der Waals surface area contributed by atoms with E-state index in [1.54, 1.807) is 27.0 Å². The standard InChI is InChI=1S/C36H46ClN5O11/c1-20-12-21(2)30(26(13-20)52-24(5)44)36(6,7)14-29(45)49-17-25(48-9)10-11-41-18-39-31-32(38-15-27-23(4)51-35(46)53-27)42(34(37)40-33(31)41)16-28(50-19-43)22(3)47-8/h12-13,19,25,39H,10-11,14-18H2,1-9H3/b28-22-,38-32?. The summed E-state index contributed by atoms with van der Waals surface area (Å²) >= 11 is 6.74. The summed E-state index contributed by atoms with van der Waals surface area (Å²) in [6.45, 7) is 13.1. The number of halogens is 1. The summed E-state index contributed by atoms with van der Waals surface area (Å²) in [4.78, 5) is 59.2. The summed E-state index contributed by atoms with van der Waals surface area (Å²) in [5.74, 6) is 0.223. The Morgan fingerprint density at radius 2 is 1.91 bits per heavy atom. The van der Waals surface area contributed by atoms with Crippen molar-refractivity contribution in [2.24, 2.45) is 4.99 Å². The Morgan fingerprint density at radius 3 is 2.53 bits per heavy atom. The van der Waals surface area contributed by atoms with E-state index in [4.69, 9.17) is 49.1 Å². The molecule has 1 aliphatic heterocycles. The molecule has 0 amide bonds. The number of esters is 2.